The van der Waals surface area contributed by atoms with Crippen molar-refractivity contribution in [1.29, 1.82) is 0 Å². The predicted octanol–water partition coefficient (Wildman–Crippen LogP) is 0.672. The van der Waals surface area contributed by atoms with Crippen LogP contribution in [0, 0.1) is 0 Å². The smallest absolute Gasteiger partial charge is 0.219 e. The second-order valence-electron chi connectivity index (χ2n) is 2.61. The zero-order valence-corrected chi connectivity index (χ0v) is 8.84. The summed E-state index contributed by atoms with van der Waals surface area (Å²) in [5, 5.41) is 3.24. The van der Waals surface area contributed by atoms with Gasteiger partial charge in [-0.3, -0.25) is 4.79 Å². The minimum atomic E-state index is 0. The number of carbonyl (C=O) groups excluding carboxylic acids is 1. The van der Waals surface area contributed by atoms with Crippen molar-refractivity contribution in [2.45, 2.75) is 13.3 Å². The van der Waals surface area contributed by atoms with Crippen LogP contribution in [0.25, 0.3) is 0 Å². The SMILES string of the molecule is CC(=O)N1CCCNCC1.Cl.Cl. The van der Waals surface area contributed by atoms with Crippen molar-refractivity contribution in [2.75, 3.05) is 26.2 Å². The Labute approximate surface area is 85.7 Å². The second kappa shape index (κ2) is 7.65. The van der Waals surface area contributed by atoms with E-state index in [9.17, 15) is 4.79 Å². The Bertz CT molecular complexity index is 125. The van der Waals surface area contributed by atoms with Crippen molar-refractivity contribution in [3.8, 4) is 0 Å². The molecule has 0 bridgehead atoms. The Hall–Kier alpha value is 0.01000. The predicted molar refractivity (Wildman–Crippen MR) is 54.2 cm³/mol. The van der Waals surface area contributed by atoms with E-state index in [1.54, 1.807) is 6.92 Å². The van der Waals surface area contributed by atoms with Crippen LogP contribution < -0.4 is 5.32 Å². The Morgan fingerprint density at radius 2 is 1.92 bits per heavy atom. The van der Waals surface area contributed by atoms with Crippen LogP contribution >= 0.6 is 24.8 Å². The van der Waals surface area contributed by atoms with Crippen molar-refractivity contribution in [3.05, 3.63) is 0 Å². The second-order valence-corrected chi connectivity index (χ2v) is 2.61. The molecule has 1 aliphatic rings. The van der Waals surface area contributed by atoms with Crippen LogP contribution in [0.15, 0.2) is 0 Å². The van der Waals surface area contributed by atoms with Crippen molar-refractivity contribution in [3.63, 3.8) is 0 Å². The molecule has 0 unspecified atom stereocenters. The van der Waals surface area contributed by atoms with Gasteiger partial charge in [0.2, 0.25) is 5.91 Å². The van der Waals surface area contributed by atoms with E-state index in [4.69, 9.17) is 0 Å². The van der Waals surface area contributed by atoms with Gasteiger partial charge in [0.1, 0.15) is 0 Å². The van der Waals surface area contributed by atoms with E-state index in [-0.39, 0.29) is 30.7 Å². The number of halogens is 2. The molecule has 1 N–H and O–H groups in total. The highest BCUT2D eigenvalue weighted by Crippen LogP contribution is 1.94. The van der Waals surface area contributed by atoms with E-state index in [1.165, 1.54) is 0 Å². The Morgan fingerprint density at radius 1 is 1.25 bits per heavy atom. The highest BCUT2D eigenvalue weighted by Gasteiger charge is 2.09. The monoisotopic (exact) mass is 214 g/mol. The molecule has 12 heavy (non-hydrogen) atoms. The maximum atomic E-state index is 10.8. The topological polar surface area (TPSA) is 32.3 Å². The lowest BCUT2D eigenvalue weighted by Gasteiger charge is -2.16. The average molecular weight is 215 g/mol. The molecular weight excluding hydrogens is 199 g/mol. The number of nitrogens with zero attached hydrogens (tertiary/aromatic N) is 1. The van der Waals surface area contributed by atoms with Crippen LogP contribution in [0.3, 0.4) is 0 Å². The molecule has 1 fully saturated rings. The van der Waals surface area contributed by atoms with E-state index in [0.717, 1.165) is 32.6 Å². The molecule has 5 heteroatoms. The van der Waals surface area contributed by atoms with Gasteiger partial charge >= 0.3 is 0 Å². The lowest BCUT2D eigenvalue weighted by molar-refractivity contribution is -0.128. The zero-order chi connectivity index (χ0) is 7.40. The van der Waals surface area contributed by atoms with Crippen molar-refractivity contribution in [1.82, 2.24) is 10.2 Å². The van der Waals surface area contributed by atoms with Gasteiger partial charge in [-0.15, -0.1) is 24.8 Å². The molecule has 1 saturated heterocycles. The number of hydrogen-bond donors (Lipinski definition) is 1. The van der Waals surface area contributed by atoms with Gasteiger partial charge in [0.15, 0.2) is 0 Å². The van der Waals surface area contributed by atoms with E-state index >= 15 is 0 Å². The van der Waals surface area contributed by atoms with Gasteiger partial charge in [0.05, 0.1) is 0 Å². The first-order chi connectivity index (χ1) is 4.80. The molecule has 74 valence electrons. The van der Waals surface area contributed by atoms with Crippen molar-refractivity contribution >= 4 is 30.7 Å². The van der Waals surface area contributed by atoms with Gasteiger partial charge in [-0.2, -0.15) is 0 Å². The number of hydrogen-bond acceptors (Lipinski definition) is 2. The normalized spacial score (nSPS) is 16.9. The Morgan fingerprint density at radius 3 is 2.50 bits per heavy atom. The number of rotatable bonds is 0. The van der Waals surface area contributed by atoms with Gasteiger partial charge in [0.25, 0.3) is 0 Å². The maximum Gasteiger partial charge on any atom is 0.219 e. The molecule has 3 nitrogen and oxygen atoms in total. The van der Waals surface area contributed by atoms with E-state index in [2.05, 4.69) is 5.32 Å². The fraction of sp³-hybridized carbons (Fsp3) is 0.857. The molecule has 0 aromatic rings. The largest absolute Gasteiger partial charge is 0.342 e. The third kappa shape index (κ3) is 4.80. The van der Waals surface area contributed by atoms with Gasteiger partial charge in [-0.05, 0) is 13.0 Å². The summed E-state index contributed by atoms with van der Waals surface area (Å²) in [7, 11) is 0. The molecule has 0 radical (unpaired) electrons. The fourth-order valence-electron chi connectivity index (χ4n) is 1.16. The quantitative estimate of drug-likeness (QED) is 0.644. The molecule has 1 amide bonds. The Balaban J connectivity index is 0. The van der Waals surface area contributed by atoms with Crippen molar-refractivity contribution in [2.24, 2.45) is 0 Å². The Kier molecular flexibility index (Phi) is 9.26. The van der Waals surface area contributed by atoms with Crippen LogP contribution in [-0.4, -0.2) is 37.0 Å². The standard InChI is InChI=1S/C7H14N2O.2ClH/c1-7(10)9-5-2-3-8-4-6-9;;/h8H,2-6H2,1H3;2*1H. The molecule has 1 rings (SSSR count). The molecule has 0 aromatic heterocycles. The first-order valence-electron chi connectivity index (χ1n) is 3.77. The summed E-state index contributed by atoms with van der Waals surface area (Å²) >= 11 is 0. The van der Waals surface area contributed by atoms with Crippen LogP contribution in [0.1, 0.15) is 13.3 Å². The summed E-state index contributed by atoms with van der Waals surface area (Å²) in [5.41, 5.74) is 0. The number of carbonyl (C=O) groups is 1. The third-order valence-corrected chi connectivity index (χ3v) is 1.79. The summed E-state index contributed by atoms with van der Waals surface area (Å²) in [6.07, 6.45) is 1.08. The first-order valence-corrected chi connectivity index (χ1v) is 3.77. The summed E-state index contributed by atoms with van der Waals surface area (Å²) < 4.78 is 0. The van der Waals surface area contributed by atoms with E-state index in [0.29, 0.717) is 0 Å². The van der Waals surface area contributed by atoms with Gasteiger partial charge in [-0.25, -0.2) is 0 Å². The van der Waals surface area contributed by atoms with Crippen LogP contribution in [-0.2, 0) is 4.79 Å². The zero-order valence-electron chi connectivity index (χ0n) is 7.21. The molecule has 1 heterocycles. The number of amides is 1. The van der Waals surface area contributed by atoms with E-state index in [1.807, 2.05) is 4.90 Å². The molecule has 0 saturated carbocycles. The summed E-state index contributed by atoms with van der Waals surface area (Å²) in [6, 6.07) is 0. The molecule has 0 atom stereocenters. The molecule has 0 aromatic carbocycles. The van der Waals surface area contributed by atoms with Crippen LogP contribution in [0.5, 0.6) is 0 Å². The summed E-state index contributed by atoms with van der Waals surface area (Å²) in [4.78, 5) is 12.7. The van der Waals surface area contributed by atoms with Crippen molar-refractivity contribution < 1.29 is 4.79 Å². The lowest BCUT2D eigenvalue weighted by atomic mass is 10.4. The van der Waals surface area contributed by atoms with Gasteiger partial charge < -0.3 is 10.2 Å². The molecular formula is C7H16Cl2N2O. The molecule has 1 aliphatic heterocycles. The summed E-state index contributed by atoms with van der Waals surface area (Å²) in [5.74, 6) is 0.198. The highest BCUT2D eigenvalue weighted by atomic mass is 35.5. The maximum absolute atomic E-state index is 10.8. The molecule has 0 aliphatic carbocycles. The lowest BCUT2D eigenvalue weighted by Crippen LogP contribution is -2.32. The molecule has 0 spiro atoms. The van der Waals surface area contributed by atoms with Gasteiger partial charge in [-0.1, -0.05) is 0 Å². The van der Waals surface area contributed by atoms with Crippen LogP contribution in [0.4, 0.5) is 0 Å². The fourth-order valence-corrected chi connectivity index (χ4v) is 1.16. The summed E-state index contributed by atoms with van der Waals surface area (Å²) in [6.45, 7) is 5.41. The minimum Gasteiger partial charge on any atom is -0.342 e. The third-order valence-electron chi connectivity index (χ3n) is 1.79. The van der Waals surface area contributed by atoms with Crippen LogP contribution in [0.2, 0.25) is 0 Å². The average Bonchev–Trinajstić information content (AvgIpc) is 2.12. The minimum absolute atomic E-state index is 0. The van der Waals surface area contributed by atoms with Gasteiger partial charge in [0, 0.05) is 26.6 Å². The first kappa shape index (κ1) is 14.5. The van der Waals surface area contributed by atoms with E-state index < -0.39 is 0 Å². The number of nitrogens with one attached hydrogen (secondary N) is 1. The highest BCUT2D eigenvalue weighted by molar-refractivity contribution is 5.85.